The molecule has 0 saturated heterocycles. The average Bonchev–Trinajstić information content (AvgIpc) is 2.57. The van der Waals surface area contributed by atoms with E-state index in [1.165, 1.54) is 24.3 Å². The Morgan fingerprint density at radius 2 is 1.60 bits per heavy atom. The second-order valence-electron chi connectivity index (χ2n) is 5.37. The van der Waals surface area contributed by atoms with Crippen LogP contribution >= 0.6 is 11.6 Å². The summed E-state index contributed by atoms with van der Waals surface area (Å²) in [7, 11) is -3.71. The Balaban J connectivity index is 2.00. The van der Waals surface area contributed by atoms with Gasteiger partial charge in [-0.15, -0.1) is 0 Å². The molecule has 0 saturated carbocycles. The van der Waals surface area contributed by atoms with Gasteiger partial charge in [0.15, 0.2) is 0 Å². The van der Waals surface area contributed by atoms with Crippen molar-refractivity contribution >= 4 is 39.0 Å². The van der Waals surface area contributed by atoms with Gasteiger partial charge >= 0.3 is 6.03 Å². The van der Waals surface area contributed by atoms with E-state index in [2.05, 4.69) is 15.4 Å². The van der Waals surface area contributed by atoms with E-state index < -0.39 is 10.0 Å². The normalized spacial score (nSPS) is 11.0. The number of hydrogen-bond acceptors (Lipinski definition) is 3. The molecule has 0 unspecified atom stereocenters. The number of rotatable bonds is 7. The number of nitrogens with one attached hydrogen (secondary N) is 3. The van der Waals surface area contributed by atoms with Crippen molar-refractivity contribution in [3.8, 4) is 0 Å². The molecule has 0 fully saturated rings. The van der Waals surface area contributed by atoms with E-state index in [-0.39, 0.29) is 10.9 Å². The van der Waals surface area contributed by atoms with E-state index in [0.29, 0.717) is 22.9 Å². The molecule has 6 nitrogen and oxygen atoms in total. The fourth-order valence-electron chi connectivity index (χ4n) is 2.00. The van der Waals surface area contributed by atoms with Crippen LogP contribution in [0.15, 0.2) is 53.4 Å². The highest BCUT2D eigenvalue weighted by Crippen LogP contribution is 2.19. The molecule has 0 aromatic heterocycles. The first-order chi connectivity index (χ1) is 11.9. The van der Waals surface area contributed by atoms with Gasteiger partial charge in [0.05, 0.1) is 4.90 Å². The smallest absolute Gasteiger partial charge is 0.319 e. The van der Waals surface area contributed by atoms with Crippen molar-refractivity contribution in [3.63, 3.8) is 0 Å². The van der Waals surface area contributed by atoms with Crippen LogP contribution in [0, 0.1) is 0 Å². The van der Waals surface area contributed by atoms with Crippen LogP contribution in [0.2, 0.25) is 5.02 Å². The Labute approximate surface area is 152 Å². The predicted octanol–water partition coefficient (Wildman–Crippen LogP) is 4.06. The predicted molar refractivity (Wildman–Crippen MR) is 101 cm³/mol. The van der Waals surface area contributed by atoms with Crippen LogP contribution in [0.5, 0.6) is 0 Å². The van der Waals surface area contributed by atoms with Crippen molar-refractivity contribution < 1.29 is 13.2 Å². The van der Waals surface area contributed by atoms with Gasteiger partial charge in [0.2, 0.25) is 0 Å². The SMILES string of the molecule is CCCCNC(=O)Nc1ccc(S(=O)(=O)Nc2ccc(Cl)cc2)cc1. The Kier molecular flexibility index (Phi) is 6.66. The second-order valence-corrected chi connectivity index (χ2v) is 7.49. The first-order valence-corrected chi connectivity index (χ1v) is 9.70. The van der Waals surface area contributed by atoms with Crippen LogP contribution < -0.4 is 15.4 Å². The van der Waals surface area contributed by atoms with Crippen molar-refractivity contribution in [1.82, 2.24) is 5.32 Å². The molecule has 0 aliphatic heterocycles. The summed E-state index contributed by atoms with van der Waals surface area (Å²) in [6, 6.07) is 12.0. The highest BCUT2D eigenvalue weighted by atomic mass is 35.5. The first kappa shape index (κ1) is 19.1. The Morgan fingerprint density at radius 3 is 2.20 bits per heavy atom. The molecule has 0 heterocycles. The minimum absolute atomic E-state index is 0.0967. The molecule has 0 aliphatic carbocycles. The fourth-order valence-corrected chi connectivity index (χ4v) is 3.19. The van der Waals surface area contributed by atoms with Crippen molar-refractivity contribution in [3.05, 3.63) is 53.6 Å². The molecular weight excluding hydrogens is 362 g/mol. The van der Waals surface area contributed by atoms with E-state index in [1.807, 2.05) is 6.92 Å². The van der Waals surface area contributed by atoms with Gasteiger partial charge in [0, 0.05) is 22.9 Å². The average molecular weight is 382 g/mol. The number of halogens is 1. The minimum atomic E-state index is -3.71. The third-order valence-corrected chi connectivity index (χ3v) is 4.98. The highest BCUT2D eigenvalue weighted by molar-refractivity contribution is 7.92. The zero-order valence-electron chi connectivity index (χ0n) is 13.8. The third kappa shape index (κ3) is 5.95. The molecule has 3 N–H and O–H groups in total. The third-order valence-electron chi connectivity index (χ3n) is 3.33. The zero-order chi connectivity index (χ0) is 18.3. The van der Waals surface area contributed by atoms with E-state index >= 15 is 0 Å². The van der Waals surface area contributed by atoms with E-state index in [0.717, 1.165) is 12.8 Å². The van der Waals surface area contributed by atoms with Gasteiger partial charge in [-0.05, 0) is 55.0 Å². The van der Waals surface area contributed by atoms with Crippen LogP contribution in [0.4, 0.5) is 16.2 Å². The second kappa shape index (κ2) is 8.73. The Morgan fingerprint density at radius 1 is 1.00 bits per heavy atom. The van der Waals surface area contributed by atoms with Gasteiger partial charge in [0.1, 0.15) is 0 Å². The lowest BCUT2D eigenvalue weighted by Gasteiger charge is -2.10. The largest absolute Gasteiger partial charge is 0.338 e. The molecule has 0 bridgehead atoms. The number of benzene rings is 2. The molecule has 0 aliphatic rings. The van der Waals surface area contributed by atoms with Gasteiger partial charge < -0.3 is 10.6 Å². The summed E-state index contributed by atoms with van der Waals surface area (Å²) in [5.74, 6) is 0. The molecule has 0 spiro atoms. The topological polar surface area (TPSA) is 87.3 Å². The van der Waals surface area contributed by atoms with Crippen molar-refractivity contribution in [2.45, 2.75) is 24.7 Å². The monoisotopic (exact) mass is 381 g/mol. The fraction of sp³-hybridized carbons (Fsp3) is 0.235. The molecule has 8 heteroatoms. The molecule has 25 heavy (non-hydrogen) atoms. The number of amides is 2. The lowest BCUT2D eigenvalue weighted by molar-refractivity contribution is 0.252. The van der Waals surface area contributed by atoms with Gasteiger partial charge in [-0.2, -0.15) is 0 Å². The number of carbonyl (C=O) groups is 1. The van der Waals surface area contributed by atoms with E-state index in [4.69, 9.17) is 11.6 Å². The maximum absolute atomic E-state index is 12.4. The van der Waals surface area contributed by atoms with E-state index in [9.17, 15) is 13.2 Å². The summed E-state index contributed by atoms with van der Waals surface area (Å²) in [4.78, 5) is 11.8. The number of unbranched alkanes of at least 4 members (excludes halogenated alkanes) is 1. The number of urea groups is 1. The summed E-state index contributed by atoms with van der Waals surface area (Å²) in [5, 5.41) is 5.90. The van der Waals surface area contributed by atoms with Crippen LogP contribution in [0.1, 0.15) is 19.8 Å². The number of carbonyl (C=O) groups excluding carboxylic acids is 1. The standard InChI is InChI=1S/C17H20ClN3O3S/c1-2-3-12-19-17(22)20-14-8-10-16(11-9-14)25(23,24)21-15-6-4-13(18)5-7-15/h4-11,21H,2-3,12H2,1H3,(H2,19,20,22). The van der Waals surface area contributed by atoms with E-state index in [1.54, 1.807) is 24.3 Å². The minimum Gasteiger partial charge on any atom is -0.338 e. The van der Waals surface area contributed by atoms with Crippen molar-refractivity contribution in [2.24, 2.45) is 0 Å². The molecule has 2 aromatic rings. The Hall–Kier alpha value is -2.25. The molecule has 2 aromatic carbocycles. The van der Waals surface area contributed by atoms with Crippen LogP contribution in [-0.2, 0) is 10.0 Å². The van der Waals surface area contributed by atoms with Crippen LogP contribution in [0.3, 0.4) is 0 Å². The quantitative estimate of drug-likeness (QED) is 0.632. The summed E-state index contributed by atoms with van der Waals surface area (Å²) in [5.41, 5.74) is 0.932. The molecule has 2 amide bonds. The molecule has 2 rings (SSSR count). The van der Waals surface area contributed by atoms with Gasteiger partial charge in [-0.3, -0.25) is 4.72 Å². The molecular formula is C17H20ClN3O3S. The summed E-state index contributed by atoms with van der Waals surface area (Å²) >= 11 is 5.78. The number of sulfonamides is 1. The first-order valence-electron chi connectivity index (χ1n) is 7.84. The maximum Gasteiger partial charge on any atom is 0.319 e. The summed E-state index contributed by atoms with van der Waals surface area (Å²) in [6.07, 6.45) is 1.90. The Bertz CT molecular complexity index is 806. The summed E-state index contributed by atoms with van der Waals surface area (Å²) < 4.78 is 27.2. The molecule has 134 valence electrons. The van der Waals surface area contributed by atoms with Gasteiger partial charge in [-0.1, -0.05) is 24.9 Å². The lowest BCUT2D eigenvalue weighted by Crippen LogP contribution is -2.29. The lowest BCUT2D eigenvalue weighted by atomic mass is 10.3. The van der Waals surface area contributed by atoms with Gasteiger partial charge in [-0.25, -0.2) is 13.2 Å². The number of anilines is 2. The van der Waals surface area contributed by atoms with Crippen molar-refractivity contribution in [1.29, 1.82) is 0 Å². The summed E-state index contributed by atoms with van der Waals surface area (Å²) in [6.45, 7) is 2.64. The molecule has 0 radical (unpaired) electrons. The van der Waals surface area contributed by atoms with Crippen LogP contribution in [-0.4, -0.2) is 21.0 Å². The zero-order valence-corrected chi connectivity index (χ0v) is 15.3. The van der Waals surface area contributed by atoms with Crippen LogP contribution in [0.25, 0.3) is 0 Å². The van der Waals surface area contributed by atoms with Gasteiger partial charge in [0.25, 0.3) is 10.0 Å². The maximum atomic E-state index is 12.4. The highest BCUT2D eigenvalue weighted by Gasteiger charge is 2.14. The van der Waals surface area contributed by atoms with Crippen molar-refractivity contribution in [2.75, 3.05) is 16.6 Å². The molecule has 0 atom stereocenters. The number of hydrogen-bond donors (Lipinski definition) is 3.